The highest BCUT2D eigenvalue weighted by atomic mass is 28.4. The second kappa shape index (κ2) is 7.51. The summed E-state index contributed by atoms with van der Waals surface area (Å²) in [4.78, 5) is 28.5. The van der Waals surface area contributed by atoms with Crippen molar-refractivity contribution in [1.82, 2.24) is 5.06 Å². The highest BCUT2D eigenvalue weighted by Gasteiger charge is 2.43. The van der Waals surface area contributed by atoms with E-state index in [1.807, 2.05) is 0 Å². The van der Waals surface area contributed by atoms with Crippen molar-refractivity contribution in [3.05, 3.63) is 0 Å². The Balaban J connectivity index is 5.33. The molecule has 0 fully saturated rings. The lowest BCUT2D eigenvalue weighted by molar-refractivity contribution is -0.176. The Labute approximate surface area is 130 Å². The molecule has 0 aromatic carbocycles. The average molecular weight is 318 g/mol. The van der Waals surface area contributed by atoms with E-state index >= 15 is 0 Å². The van der Waals surface area contributed by atoms with Gasteiger partial charge in [-0.15, -0.1) is 0 Å². The lowest BCUT2D eigenvalue weighted by Gasteiger charge is -2.42. The predicted molar refractivity (Wildman–Crippen MR) is 86.2 cm³/mol. The Bertz CT molecular complexity index is 365. The summed E-state index contributed by atoms with van der Waals surface area (Å²) >= 11 is 0. The maximum Gasteiger partial charge on any atom is 0.251 e. The zero-order valence-electron chi connectivity index (χ0n) is 14.9. The van der Waals surface area contributed by atoms with E-state index in [9.17, 15) is 9.59 Å². The van der Waals surface area contributed by atoms with Gasteiger partial charge in [0.2, 0.25) is 0 Å². The van der Waals surface area contributed by atoms with Crippen LogP contribution in [0.15, 0.2) is 0 Å². The minimum atomic E-state index is -2.07. The Hall–Kier alpha value is -0.723. The van der Waals surface area contributed by atoms with Gasteiger partial charge >= 0.3 is 0 Å². The smallest absolute Gasteiger partial charge is 0.251 e. The second-order valence-corrected chi connectivity index (χ2v) is 11.9. The van der Waals surface area contributed by atoms with Gasteiger partial charge in [0.05, 0.1) is 19.1 Å². The molecule has 1 amide bonds. The number of amides is 1. The van der Waals surface area contributed by atoms with E-state index in [4.69, 9.17) is 9.26 Å². The summed E-state index contributed by atoms with van der Waals surface area (Å²) in [6, 6.07) is 0. The summed E-state index contributed by atoms with van der Waals surface area (Å²) in [5, 5.41) is 1.20. The van der Waals surface area contributed by atoms with Crippen molar-refractivity contribution < 1.29 is 18.9 Å². The van der Waals surface area contributed by atoms with Crippen LogP contribution in [0.2, 0.25) is 18.1 Å². The minimum absolute atomic E-state index is 0.0176. The normalized spacial score (nSPS) is 17.0. The van der Waals surface area contributed by atoms with Crippen molar-refractivity contribution in [2.75, 3.05) is 14.2 Å². The van der Waals surface area contributed by atoms with Gasteiger partial charge in [0, 0.05) is 13.0 Å². The van der Waals surface area contributed by atoms with Crippen LogP contribution >= 0.6 is 0 Å². The lowest BCUT2D eigenvalue weighted by Crippen LogP contribution is -2.50. The quantitative estimate of drug-likeness (QED) is 0.411. The molecule has 0 N–H and O–H groups in total. The van der Waals surface area contributed by atoms with Crippen molar-refractivity contribution in [3.8, 4) is 0 Å². The molecule has 0 aliphatic heterocycles. The van der Waals surface area contributed by atoms with E-state index in [-0.39, 0.29) is 16.9 Å². The van der Waals surface area contributed by atoms with Gasteiger partial charge in [-0.05, 0) is 18.1 Å². The van der Waals surface area contributed by atoms with E-state index in [2.05, 4.69) is 33.9 Å². The van der Waals surface area contributed by atoms with E-state index in [1.165, 1.54) is 12.2 Å². The molecule has 5 nitrogen and oxygen atoms in total. The predicted octanol–water partition coefficient (Wildman–Crippen LogP) is 2.87. The zero-order valence-corrected chi connectivity index (χ0v) is 15.9. The molecule has 0 bridgehead atoms. The third-order valence-electron chi connectivity index (χ3n) is 4.44. The van der Waals surface area contributed by atoms with Crippen LogP contribution in [0, 0.1) is 11.8 Å². The summed E-state index contributed by atoms with van der Waals surface area (Å²) in [6.07, 6.45) is 0.419. The molecule has 6 heteroatoms. The van der Waals surface area contributed by atoms with Crippen molar-refractivity contribution in [2.24, 2.45) is 11.8 Å². The highest BCUT2D eigenvalue weighted by molar-refractivity contribution is 6.74. The van der Waals surface area contributed by atoms with Crippen LogP contribution in [0.4, 0.5) is 0 Å². The third-order valence-corrected chi connectivity index (χ3v) is 8.91. The van der Waals surface area contributed by atoms with Gasteiger partial charge in [-0.3, -0.25) is 9.63 Å². The van der Waals surface area contributed by atoms with Crippen molar-refractivity contribution in [1.29, 1.82) is 0 Å². The van der Waals surface area contributed by atoms with Gasteiger partial charge in [-0.25, -0.2) is 5.06 Å². The van der Waals surface area contributed by atoms with Crippen LogP contribution < -0.4 is 0 Å². The van der Waals surface area contributed by atoms with Gasteiger partial charge in [-0.2, -0.15) is 0 Å². The molecule has 0 aliphatic carbocycles. The molecule has 0 saturated carbocycles. The zero-order chi connectivity index (χ0) is 17.0. The number of hydrogen-bond acceptors (Lipinski definition) is 4. The Morgan fingerprint density at radius 3 is 2.05 bits per heavy atom. The summed E-state index contributed by atoms with van der Waals surface area (Å²) in [6.45, 7) is 14.2. The molecule has 0 heterocycles. The number of carbonyl (C=O) groups is 2. The average Bonchev–Trinajstić information content (AvgIpc) is 2.40. The Morgan fingerprint density at radius 2 is 1.71 bits per heavy atom. The largest absolute Gasteiger partial charge is 0.412 e. The summed E-state index contributed by atoms with van der Waals surface area (Å²) in [5.74, 6) is -0.970. The van der Waals surface area contributed by atoms with Crippen molar-refractivity contribution in [2.45, 2.75) is 58.9 Å². The number of carbonyl (C=O) groups excluding carboxylic acids is 2. The van der Waals surface area contributed by atoms with Crippen LogP contribution in [0.5, 0.6) is 0 Å². The van der Waals surface area contributed by atoms with Gasteiger partial charge in [0.15, 0.2) is 8.32 Å². The minimum Gasteiger partial charge on any atom is -0.412 e. The highest BCUT2D eigenvalue weighted by Crippen LogP contribution is 2.39. The summed E-state index contributed by atoms with van der Waals surface area (Å²) in [7, 11) is 0.934. The standard InChI is InChI=1S/C15H31NO4Si/c1-11(10-17)13(12(2)14(18)16(6)19-7)20-21(8,9)15(3,4)5/h10-13H,1-9H3/t11-,12+,13-/m0/s1. The third kappa shape index (κ3) is 5.20. The fourth-order valence-electron chi connectivity index (χ4n) is 1.78. The molecular formula is C15H31NO4Si. The molecule has 124 valence electrons. The lowest BCUT2D eigenvalue weighted by atomic mass is 9.94. The second-order valence-electron chi connectivity index (χ2n) is 7.14. The maximum atomic E-state index is 12.3. The Kier molecular flexibility index (Phi) is 7.25. The van der Waals surface area contributed by atoms with E-state index in [0.717, 1.165) is 6.29 Å². The number of aldehydes is 1. The van der Waals surface area contributed by atoms with Crippen molar-refractivity contribution >= 4 is 20.5 Å². The topological polar surface area (TPSA) is 55.8 Å². The first-order chi connectivity index (χ1) is 9.39. The van der Waals surface area contributed by atoms with Crippen LogP contribution in [0.25, 0.3) is 0 Å². The molecule has 0 aromatic heterocycles. The Morgan fingerprint density at radius 1 is 1.24 bits per heavy atom. The van der Waals surface area contributed by atoms with Gasteiger partial charge in [0.1, 0.15) is 6.29 Å². The maximum absolute atomic E-state index is 12.3. The number of rotatable bonds is 7. The molecular weight excluding hydrogens is 286 g/mol. The fraction of sp³-hybridized carbons (Fsp3) is 0.867. The number of nitrogens with zero attached hydrogens (tertiary/aromatic N) is 1. The first kappa shape index (κ1) is 20.3. The summed E-state index contributed by atoms with van der Waals surface area (Å²) in [5.41, 5.74) is 0. The van der Waals surface area contributed by atoms with Crippen LogP contribution in [-0.4, -0.2) is 45.8 Å². The van der Waals surface area contributed by atoms with Gasteiger partial charge < -0.3 is 9.22 Å². The summed E-state index contributed by atoms with van der Waals surface area (Å²) < 4.78 is 6.34. The van der Waals surface area contributed by atoms with Gasteiger partial charge in [-0.1, -0.05) is 34.6 Å². The van der Waals surface area contributed by atoms with Crippen LogP contribution in [0.3, 0.4) is 0 Å². The van der Waals surface area contributed by atoms with E-state index < -0.39 is 20.3 Å². The van der Waals surface area contributed by atoms with Crippen molar-refractivity contribution in [3.63, 3.8) is 0 Å². The molecule has 0 aromatic rings. The molecule has 0 saturated heterocycles. The van der Waals surface area contributed by atoms with E-state index in [0.29, 0.717) is 0 Å². The fourth-order valence-corrected chi connectivity index (χ4v) is 3.23. The van der Waals surface area contributed by atoms with Crippen LogP contribution in [0.1, 0.15) is 34.6 Å². The van der Waals surface area contributed by atoms with Gasteiger partial charge in [0.25, 0.3) is 5.91 Å². The first-order valence-corrected chi connectivity index (χ1v) is 10.2. The first-order valence-electron chi connectivity index (χ1n) is 7.33. The molecule has 0 aliphatic rings. The number of hydrogen-bond donors (Lipinski definition) is 0. The number of hydroxylamine groups is 2. The molecule has 0 spiro atoms. The SMILES string of the molecule is CON(C)C(=O)[C@H](C)[C@@H](O[Si](C)(C)C(C)(C)C)[C@@H](C)C=O. The molecule has 0 radical (unpaired) electrons. The monoisotopic (exact) mass is 317 g/mol. The molecule has 21 heavy (non-hydrogen) atoms. The molecule has 0 rings (SSSR count). The van der Waals surface area contributed by atoms with E-state index in [1.54, 1.807) is 20.9 Å². The molecule has 3 atom stereocenters. The van der Waals surface area contributed by atoms with Crippen LogP contribution in [-0.2, 0) is 18.9 Å². The molecule has 0 unspecified atom stereocenters.